The number of hydrogen-bond donors (Lipinski definition) is 2. The predicted molar refractivity (Wildman–Crippen MR) is 76.6 cm³/mol. The van der Waals surface area contributed by atoms with Gasteiger partial charge in [-0.2, -0.15) is 12.7 Å². The molecule has 0 unspecified atom stereocenters. The average Bonchev–Trinajstić information content (AvgIpc) is 2.32. The Labute approximate surface area is 120 Å². The third kappa shape index (κ3) is 3.92. The minimum atomic E-state index is -3.66. The second kappa shape index (κ2) is 6.36. The van der Waals surface area contributed by atoms with Crippen molar-refractivity contribution in [3.8, 4) is 0 Å². The molecule has 0 fully saturated rings. The van der Waals surface area contributed by atoms with Gasteiger partial charge in [-0.05, 0) is 34.1 Å². The molecule has 0 aliphatic carbocycles. The number of halogens is 1. The molecule has 0 aliphatic heterocycles. The van der Waals surface area contributed by atoms with E-state index >= 15 is 0 Å². The Morgan fingerprint density at radius 2 is 1.95 bits per heavy atom. The molecule has 1 aromatic carbocycles. The molecule has 0 saturated carbocycles. The lowest BCUT2D eigenvalue weighted by molar-refractivity contribution is 0.0696. The summed E-state index contributed by atoms with van der Waals surface area (Å²) in [6, 6.07) is 4.26. The minimum absolute atomic E-state index is 0.000234. The van der Waals surface area contributed by atoms with E-state index in [-0.39, 0.29) is 11.3 Å². The predicted octanol–water partition coefficient (Wildman–Crippen LogP) is 2.15. The lowest BCUT2D eigenvalue weighted by Gasteiger charge is -2.19. The third-order valence-corrected chi connectivity index (χ3v) is 4.87. The van der Waals surface area contributed by atoms with Gasteiger partial charge in [0.25, 0.3) is 0 Å². The Morgan fingerprint density at radius 3 is 2.42 bits per heavy atom. The Bertz CT molecular complexity index is 570. The number of carboxylic acids is 1. The van der Waals surface area contributed by atoms with E-state index in [1.165, 1.54) is 22.5 Å². The van der Waals surface area contributed by atoms with Gasteiger partial charge in [-0.15, -0.1) is 0 Å². The summed E-state index contributed by atoms with van der Waals surface area (Å²) < 4.78 is 28.0. The summed E-state index contributed by atoms with van der Waals surface area (Å²) in [6.45, 7) is 4.14. The first-order valence-electron chi connectivity index (χ1n) is 5.62. The van der Waals surface area contributed by atoms with E-state index in [2.05, 4.69) is 20.7 Å². The number of aromatic carboxylic acids is 1. The highest BCUT2D eigenvalue weighted by Crippen LogP contribution is 2.22. The lowest BCUT2D eigenvalue weighted by atomic mass is 10.2. The van der Waals surface area contributed by atoms with Crippen LogP contribution in [0, 0.1) is 0 Å². The molecule has 0 amide bonds. The van der Waals surface area contributed by atoms with Crippen molar-refractivity contribution in [2.24, 2.45) is 0 Å². The van der Waals surface area contributed by atoms with Crippen molar-refractivity contribution >= 4 is 37.8 Å². The zero-order chi connectivity index (χ0) is 14.6. The molecular formula is C11H15BrN2O4S. The molecule has 0 bridgehead atoms. The highest BCUT2D eigenvalue weighted by molar-refractivity contribution is 9.10. The highest BCUT2D eigenvalue weighted by Gasteiger charge is 2.19. The van der Waals surface area contributed by atoms with Crippen LogP contribution in [-0.2, 0) is 10.2 Å². The summed E-state index contributed by atoms with van der Waals surface area (Å²) in [6.07, 6.45) is 0. The van der Waals surface area contributed by atoms with Crippen LogP contribution in [0.25, 0.3) is 0 Å². The summed E-state index contributed by atoms with van der Waals surface area (Å²) in [5.74, 6) is -1.13. The van der Waals surface area contributed by atoms with Crippen molar-refractivity contribution in [1.29, 1.82) is 0 Å². The molecule has 106 valence electrons. The van der Waals surface area contributed by atoms with Gasteiger partial charge < -0.3 is 5.11 Å². The maximum absolute atomic E-state index is 12.0. The normalized spacial score (nSPS) is 11.6. The quantitative estimate of drug-likeness (QED) is 0.822. The van der Waals surface area contributed by atoms with Gasteiger partial charge in [0.05, 0.1) is 11.3 Å². The molecule has 19 heavy (non-hydrogen) atoms. The van der Waals surface area contributed by atoms with Gasteiger partial charge in [-0.3, -0.25) is 4.72 Å². The maximum Gasteiger partial charge on any atom is 0.336 e. The van der Waals surface area contributed by atoms with Crippen LogP contribution >= 0.6 is 15.9 Å². The zero-order valence-electron chi connectivity index (χ0n) is 10.6. The Hall–Kier alpha value is -1.12. The number of rotatable bonds is 6. The Kier molecular flexibility index (Phi) is 5.33. The Morgan fingerprint density at radius 1 is 1.37 bits per heavy atom. The smallest absolute Gasteiger partial charge is 0.336 e. The van der Waals surface area contributed by atoms with Crippen LogP contribution in [0.5, 0.6) is 0 Å². The van der Waals surface area contributed by atoms with E-state index < -0.39 is 16.2 Å². The number of carboxylic acid groups (broad SMARTS) is 1. The van der Waals surface area contributed by atoms with Gasteiger partial charge >= 0.3 is 16.2 Å². The molecule has 0 aliphatic rings. The van der Waals surface area contributed by atoms with Crippen molar-refractivity contribution in [3.05, 3.63) is 28.2 Å². The number of nitrogens with one attached hydrogen (secondary N) is 1. The van der Waals surface area contributed by atoms with Gasteiger partial charge in [-0.1, -0.05) is 13.8 Å². The van der Waals surface area contributed by atoms with Crippen LogP contribution in [0.15, 0.2) is 22.7 Å². The topological polar surface area (TPSA) is 86.7 Å². The molecular weight excluding hydrogens is 336 g/mol. The molecule has 0 heterocycles. The molecule has 1 rings (SSSR count). The van der Waals surface area contributed by atoms with Crippen molar-refractivity contribution in [1.82, 2.24) is 4.31 Å². The summed E-state index contributed by atoms with van der Waals surface area (Å²) >= 11 is 3.10. The number of benzene rings is 1. The number of hydrogen-bond acceptors (Lipinski definition) is 3. The van der Waals surface area contributed by atoms with Gasteiger partial charge in [0.15, 0.2) is 0 Å². The first-order chi connectivity index (χ1) is 8.81. The molecule has 0 aromatic heterocycles. The van der Waals surface area contributed by atoms with Crippen LogP contribution in [0.1, 0.15) is 24.2 Å². The summed E-state index contributed by atoms with van der Waals surface area (Å²) in [4.78, 5) is 11.0. The van der Waals surface area contributed by atoms with Crippen molar-refractivity contribution in [2.45, 2.75) is 13.8 Å². The van der Waals surface area contributed by atoms with Crippen molar-refractivity contribution < 1.29 is 18.3 Å². The number of nitrogens with zero attached hydrogens (tertiary/aromatic N) is 1. The monoisotopic (exact) mass is 350 g/mol. The van der Waals surface area contributed by atoms with Crippen LogP contribution in [-0.4, -0.2) is 36.9 Å². The minimum Gasteiger partial charge on any atom is -0.478 e. The van der Waals surface area contributed by atoms with E-state index in [1.807, 2.05) is 0 Å². The summed E-state index contributed by atoms with van der Waals surface area (Å²) in [7, 11) is -3.66. The van der Waals surface area contributed by atoms with Crippen molar-refractivity contribution in [3.63, 3.8) is 0 Å². The first kappa shape index (κ1) is 15.9. The van der Waals surface area contributed by atoms with Gasteiger partial charge in [0.2, 0.25) is 0 Å². The molecule has 1 aromatic rings. The van der Waals surface area contributed by atoms with Crippen LogP contribution < -0.4 is 4.72 Å². The molecule has 0 radical (unpaired) electrons. The van der Waals surface area contributed by atoms with E-state index in [0.29, 0.717) is 17.6 Å². The fourth-order valence-corrected chi connectivity index (χ4v) is 3.18. The van der Waals surface area contributed by atoms with Gasteiger partial charge in [-0.25, -0.2) is 4.79 Å². The standard InChI is InChI=1S/C11H15BrN2O4S/c1-3-14(4-2)19(17,18)13-8-5-6-10(12)9(7-8)11(15)16/h5-7,13H,3-4H2,1-2H3,(H,15,16). The van der Waals surface area contributed by atoms with E-state index in [0.717, 1.165) is 0 Å². The molecule has 6 nitrogen and oxygen atoms in total. The molecule has 0 atom stereocenters. The molecule has 0 spiro atoms. The number of anilines is 1. The lowest BCUT2D eigenvalue weighted by Crippen LogP contribution is -2.35. The van der Waals surface area contributed by atoms with Crippen LogP contribution in [0.4, 0.5) is 5.69 Å². The SMILES string of the molecule is CCN(CC)S(=O)(=O)Nc1ccc(Br)c(C(=O)O)c1. The van der Waals surface area contributed by atoms with Gasteiger partial charge in [0.1, 0.15) is 0 Å². The molecule has 2 N–H and O–H groups in total. The summed E-state index contributed by atoms with van der Waals surface area (Å²) in [5, 5.41) is 8.97. The van der Waals surface area contributed by atoms with Crippen molar-refractivity contribution in [2.75, 3.05) is 17.8 Å². The van der Waals surface area contributed by atoms with Gasteiger partial charge in [0, 0.05) is 17.6 Å². The Balaban J connectivity index is 3.07. The average molecular weight is 351 g/mol. The zero-order valence-corrected chi connectivity index (χ0v) is 13.0. The fourth-order valence-electron chi connectivity index (χ4n) is 1.53. The largest absolute Gasteiger partial charge is 0.478 e. The van der Waals surface area contributed by atoms with E-state index in [1.54, 1.807) is 13.8 Å². The van der Waals surface area contributed by atoms with E-state index in [9.17, 15) is 13.2 Å². The van der Waals surface area contributed by atoms with Crippen LogP contribution in [0.3, 0.4) is 0 Å². The molecule has 0 saturated heterocycles. The first-order valence-corrected chi connectivity index (χ1v) is 7.85. The summed E-state index contributed by atoms with van der Waals surface area (Å²) in [5.41, 5.74) is 0.215. The second-order valence-electron chi connectivity index (χ2n) is 3.69. The third-order valence-electron chi connectivity index (χ3n) is 2.49. The highest BCUT2D eigenvalue weighted by atomic mass is 79.9. The molecule has 8 heteroatoms. The number of carbonyl (C=O) groups is 1. The maximum atomic E-state index is 12.0. The second-order valence-corrected chi connectivity index (χ2v) is 6.22. The fraction of sp³-hybridized carbons (Fsp3) is 0.364. The van der Waals surface area contributed by atoms with E-state index in [4.69, 9.17) is 5.11 Å². The van der Waals surface area contributed by atoms with Crippen LogP contribution in [0.2, 0.25) is 0 Å².